The molecule has 0 saturated carbocycles. The molecule has 5 aliphatic heterocycles. The molecule has 0 aliphatic carbocycles. The van der Waals surface area contributed by atoms with Gasteiger partial charge >= 0.3 is 0 Å². The van der Waals surface area contributed by atoms with Crippen molar-refractivity contribution in [3.05, 3.63) is 47.8 Å². The van der Waals surface area contributed by atoms with E-state index in [1.807, 2.05) is 0 Å². The van der Waals surface area contributed by atoms with Crippen LogP contribution >= 0.6 is 0 Å². The van der Waals surface area contributed by atoms with Gasteiger partial charge < -0.3 is 156 Å². The lowest BCUT2D eigenvalue weighted by molar-refractivity contribution is -0.198. The summed E-state index contributed by atoms with van der Waals surface area (Å²) in [6.45, 7) is 5.57. The maximum atomic E-state index is 14.1. The monoisotopic (exact) mass is 1800 g/mol. The first-order chi connectivity index (χ1) is 60.8. The number of nitrogens with two attached hydrogens (primary N) is 1. The molecule has 716 valence electrons. The largest absolute Gasteiger partial charge is 0.394 e. The van der Waals surface area contributed by atoms with Crippen LogP contribution in [-0.2, 0) is 112 Å². The number of aliphatic hydroxyl groups is 8. The van der Waals surface area contributed by atoms with Crippen LogP contribution in [0.4, 0.5) is 0 Å². The molecule has 0 aromatic carbocycles. The van der Waals surface area contributed by atoms with E-state index >= 15 is 0 Å². The second-order valence-corrected chi connectivity index (χ2v) is 30.5. The van der Waals surface area contributed by atoms with Gasteiger partial charge in [-0.2, -0.15) is 0 Å². The van der Waals surface area contributed by atoms with Crippen LogP contribution in [0.1, 0.15) is 135 Å². The summed E-state index contributed by atoms with van der Waals surface area (Å²) in [7, 11) is 0. The topological polar surface area (TPSA) is 651 Å². The lowest BCUT2D eigenvalue weighted by Gasteiger charge is -2.43. The second kappa shape index (κ2) is 60.4. The fourth-order valence-electron chi connectivity index (χ4n) is 14.0. The third-order valence-corrected chi connectivity index (χ3v) is 20.6. The molecule has 3 saturated heterocycles. The van der Waals surface area contributed by atoms with Gasteiger partial charge in [0.25, 0.3) is 11.8 Å². The zero-order valence-electron chi connectivity index (χ0n) is 72.0. The van der Waals surface area contributed by atoms with Crippen molar-refractivity contribution in [3.63, 3.8) is 0 Å². The average molecular weight is 1800 g/mol. The van der Waals surface area contributed by atoms with Crippen LogP contribution in [0.5, 0.6) is 0 Å². The van der Waals surface area contributed by atoms with Gasteiger partial charge in [-0.05, 0) is 32.1 Å². The standard InChI is InChI=1S/C78H134N18O30/c1-51(99)85-67-70(110)57(102)47-124-75(67)55-43-94(92-90-55)49-122-40-37-119-34-31-116-28-24-83-62(105)17-20-78(88-64(107)13-11-9-7-5-4-6-8-10-12-60(103)81-22-26-96-65(108)14-15-66(96)109,19-16-61(104)82-23-27-115-30-33-118-36-39-121-48-80-42-54(89-79)76-68(86-52(2)100)73(113)71(111)58(45-97)125-76)21-18-63(106)84-25-29-117-32-35-120-38-41-123-50-95-44-56(91-93-95)77-69(87-53(3)101)74(114)72(112)59(46-98)126-77/h14-15,42-44,57-59,67-77,80,89-90,92,97-98,102,110-114H,4-13,16-41,45-50,79H2,1-3H3,(H,81,103)(H,82,104)(H,83,105)(H,84,106)(H,85,99)(H,86,100)(H,87,101)(H,88,107)/b54-42-/t57-,58+,59+,67+,68+,69+,70-,71-,72-,73+,74+,75-,76-,77-,78?/m0/s1. The fourth-order valence-corrected chi connectivity index (χ4v) is 14.0. The van der Waals surface area contributed by atoms with E-state index in [2.05, 4.69) is 74.5 Å². The Morgan fingerprint density at radius 3 is 1.47 bits per heavy atom. The maximum absolute atomic E-state index is 14.1. The Hall–Kier alpha value is -8.42. The van der Waals surface area contributed by atoms with Crippen molar-refractivity contribution in [3.8, 4) is 0 Å². The molecule has 1 unspecified atom stereocenters. The number of nitrogens with zero attached hydrogens (tertiary/aromatic N) is 5. The van der Waals surface area contributed by atoms with E-state index in [4.69, 9.17) is 62.7 Å². The summed E-state index contributed by atoms with van der Waals surface area (Å²) < 4.78 is 69.6. The number of hydrogen-bond acceptors (Lipinski definition) is 38. The molecular weight excluding hydrogens is 1670 g/mol. The molecule has 6 rings (SSSR count). The minimum Gasteiger partial charge on any atom is -0.394 e. The number of rotatable bonds is 67. The smallest absolute Gasteiger partial charge is 0.253 e. The molecule has 48 heteroatoms. The van der Waals surface area contributed by atoms with Crippen molar-refractivity contribution in [2.24, 2.45) is 5.84 Å². The maximum Gasteiger partial charge on any atom is 0.253 e. The highest BCUT2D eigenvalue weighted by molar-refractivity contribution is 6.12. The van der Waals surface area contributed by atoms with Gasteiger partial charge in [0.05, 0.1) is 155 Å². The summed E-state index contributed by atoms with van der Waals surface area (Å²) in [5.74, 6) is 1.88. The van der Waals surface area contributed by atoms with E-state index in [1.165, 1.54) is 50.0 Å². The first-order valence-electron chi connectivity index (χ1n) is 42.7. The van der Waals surface area contributed by atoms with Crippen LogP contribution in [0.2, 0.25) is 0 Å². The Bertz CT molecular complexity index is 3500. The third-order valence-electron chi connectivity index (χ3n) is 20.6. The second-order valence-electron chi connectivity index (χ2n) is 30.5. The Morgan fingerprint density at radius 1 is 0.524 bits per heavy atom. The van der Waals surface area contributed by atoms with E-state index in [0.717, 1.165) is 43.4 Å². The van der Waals surface area contributed by atoms with Crippen molar-refractivity contribution in [2.75, 3.05) is 165 Å². The Kier molecular flexibility index (Phi) is 51.0. The third kappa shape index (κ3) is 39.7. The Labute approximate surface area is 731 Å². The molecule has 48 nitrogen and oxygen atoms in total. The molecule has 1 aromatic rings. The zero-order chi connectivity index (χ0) is 91.4. The Morgan fingerprint density at radius 2 is 0.960 bits per heavy atom. The molecule has 3 fully saturated rings. The van der Waals surface area contributed by atoms with Crippen molar-refractivity contribution < 1.29 is 146 Å². The quantitative estimate of drug-likeness (QED) is 0.00947. The summed E-state index contributed by atoms with van der Waals surface area (Å²) >= 11 is 0. The van der Waals surface area contributed by atoms with Gasteiger partial charge in [-0.1, -0.05) is 43.7 Å². The van der Waals surface area contributed by atoms with Gasteiger partial charge in [-0.3, -0.25) is 63.7 Å². The minimum absolute atomic E-state index is 0.0254. The number of ether oxygens (including phenoxy) is 12. The molecule has 1 aromatic heterocycles. The summed E-state index contributed by atoms with van der Waals surface area (Å²) in [5, 5.41) is 117. The number of aromatic nitrogens is 3. The zero-order valence-corrected chi connectivity index (χ0v) is 72.0. The van der Waals surface area contributed by atoms with Crippen LogP contribution in [0, 0.1) is 0 Å². The molecule has 0 bridgehead atoms. The van der Waals surface area contributed by atoms with Gasteiger partial charge in [0.15, 0.2) is 0 Å². The highest BCUT2D eigenvalue weighted by atomic mass is 16.6. The number of carbonyl (C=O) groups is 10. The number of unbranched alkanes of at least 4 members (excludes halogenated alkanes) is 7. The molecule has 126 heavy (non-hydrogen) atoms. The van der Waals surface area contributed by atoms with Gasteiger partial charge in [-0.25, -0.2) is 4.68 Å². The van der Waals surface area contributed by atoms with Crippen LogP contribution < -0.4 is 70.1 Å². The normalized spacial score (nSPS) is 23.5. The summed E-state index contributed by atoms with van der Waals surface area (Å²) in [6.07, 6.45) is -0.0869. The van der Waals surface area contributed by atoms with Crippen LogP contribution in [-0.4, -0.2) is 375 Å². The number of hydrogen-bond donors (Lipinski definition) is 21. The molecular formula is C78H134N18O30. The lowest BCUT2D eigenvalue weighted by atomic mass is 9.82. The first kappa shape index (κ1) is 106. The number of carbonyl (C=O) groups excluding carboxylic acids is 10. The van der Waals surface area contributed by atoms with Crippen LogP contribution in [0.15, 0.2) is 42.1 Å². The molecule has 5 aliphatic rings. The van der Waals surface area contributed by atoms with Crippen molar-refractivity contribution in [2.45, 2.75) is 221 Å². The van der Waals surface area contributed by atoms with Crippen molar-refractivity contribution in [1.29, 1.82) is 0 Å². The molecule has 0 spiro atoms. The minimum atomic E-state index is -1.49. The molecule has 22 N–H and O–H groups in total. The summed E-state index contributed by atoms with van der Waals surface area (Å²) in [4.78, 5) is 128. The number of aliphatic hydroxyl groups excluding tert-OH is 8. The van der Waals surface area contributed by atoms with Crippen LogP contribution in [0.3, 0.4) is 0 Å². The van der Waals surface area contributed by atoms with Gasteiger partial charge in [-0.15, -0.1) is 10.6 Å². The van der Waals surface area contributed by atoms with Crippen molar-refractivity contribution in [1.82, 2.24) is 89.1 Å². The van der Waals surface area contributed by atoms with Gasteiger partial charge in [0.2, 0.25) is 47.3 Å². The number of hydrazine groups is 3. The van der Waals surface area contributed by atoms with E-state index < -0.39 is 134 Å². The average Bonchev–Trinajstić information content (AvgIpc) is 1.49. The van der Waals surface area contributed by atoms with Crippen LogP contribution in [0.25, 0.3) is 0 Å². The van der Waals surface area contributed by atoms with E-state index in [-0.39, 0.29) is 244 Å². The summed E-state index contributed by atoms with van der Waals surface area (Å²) in [5.41, 5.74) is 7.91. The predicted molar refractivity (Wildman–Crippen MR) is 439 cm³/mol. The highest BCUT2D eigenvalue weighted by Gasteiger charge is 2.49. The summed E-state index contributed by atoms with van der Waals surface area (Å²) in [6, 6.07) is -3.09. The molecule has 10 amide bonds. The molecule has 0 radical (unpaired) electrons. The molecule has 6 heterocycles. The number of nitrogens with one attached hydrogen (secondary N) is 12. The highest BCUT2D eigenvalue weighted by Crippen LogP contribution is 2.33. The van der Waals surface area contributed by atoms with E-state index in [9.17, 15) is 88.8 Å². The first-order valence-corrected chi connectivity index (χ1v) is 42.7. The van der Waals surface area contributed by atoms with Gasteiger partial charge in [0.1, 0.15) is 93.0 Å². The fraction of sp³-hybridized carbons (Fsp3) is 0.769. The van der Waals surface area contributed by atoms with Gasteiger partial charge in [0, 0.05) is 116 Å². The number of amides is 10. The van der Waals surface area contributed by atoms with Crippen molar-refractivity contribution >= 4 is 59.1 Å². The van der Waals surface area contributed by atoms with E-state index in [0.29, 0.717) is 25.0 Å². The molecule has 15 atom stereocenters. The predicted octanol–water partition coefficient (Wildman–Crippen LogP) is -7.88. The Balaban J connectivity index is 0.961. The van der Waals surface area contributed by atoms with E-state index in [1.54, 1.807) is 11.2 Å². The SMILES string of the molecule is CC(=O)N[C@@H]1[C@@H](O)[C@@H](O)CO[C@H]1C1=CN(COCCOCCOCCNC(=O)CCC(CCC(=O)NCCOCCOCCOCN/C=C(\NN)[C@@H]2O[C@H](CO)[C@H](O)[C@H](O)[C@H]2NC(C)=O)(CCC(=O)NCCOCCOCCOCn2cc([C@@H]3O[C@H](CO)[C@H](O)[C@H](O)[C@H]3NC(C)=O)nn2)NC(=O)CCCCCCCCCCC(=O)NCCN2C(=O)C=CC2=O)NN1. The lowest BCUT2D eigenvalue weighted by Crippen LogP contribution is -2.65. The number of imide groups is 1.